The largest absolute Gasteiger partial charge is 1.00 e. The van der Waals surface area contributed by atoms with E-state index in [1.54, 1.807) is 24.3 Å². The fraction of sp³-hybridized carbons (Fsp3) is 0.238. The molecule has 0 bridgehead atoms. The molecule has 7 nitrogen and oxygen atoms in total. The van der Waals surface area contributed by atoms with Gasteiger partial charge in [-0.1, -0.05) is 44.2 Å². The second-order valence-electron chi connectivity index (χ2n) is 6.72. The number of carbonyl (C=O) groups is 2. The molecule has 0 amide bonds. The van der Waals surface area contributed by atoms with Crippen LogP contribution in [0.5, 0.6) is 5.75 Å². The molecule has 0 fully saturated rings. The third kappa shape index (κ3) is 8.42. The molecule has 0 heterocycles. The molecule has 0 aliphatic carbocycles. The maximum atomic E-state index is 12.4. The molecular formula is C21H23KO7S. The Kier molecular flexibility index (Phi) is 10.6. The van der Waals surface area contributed by atoms with Crippen LogP contribution >= 0.6 is 0 Å². The van der Waals surface area contributed by atoms with Crippen molar-refractivity contribution in [2.75, 3.05) is 6.61 Å². The topological polar surface area (TPSA) is 107 Å². The van der Waals surface area contributed by atoms with E-state index in [2.05, 4.69) is 0 Å². The van der Waals surface area contributed by atoms with E-state index in [1.165, 1.54) is 37.3 Å². The second kappa shape index (κ2) is 11.9. The number of esters is 2. The normalized spacial score (nSPS) is 11.2. The number of hydrogen-bond donors (Lipinski definition) is 1. The Balaban J connectivity index is 0.00000450. The third-order valence-corrected chi connectivity index (χ3v) is 4.54. The number of carbonyl (C=O) groups excluding carboxylic acids is 2. The third-order valence-electron chi connectivity index (χ3n) is 3.67. The SMILES string of the molecule is CC(=O)Oc1ccc(/C=C/c2ccc(S(=O)(=O)O)cc2)cc1C(=O)OCC(C)C.[H-].[K+]. The smallest absolute Gasteiger partial charge is 1.00 e. The van der Waals surface area contributed by atoms with Gasteiger partial charge < -0.3 is 10.9 Å². The predicted octanol–water partition coefficient (Wildman–Crippen LogP) is 0.958. The summed E-state index contributed by atoms with van der Waals surface area (Å²) in [6.45, 7) is 5.30. The Bertz CT molecular complexity index is 1030. The van der Waals surface area contributed by atoms with Crippen LogP contribution in [0.25, 0.3) is 12.2 Å². The number of benzene rings is 2. The van der Waals surface area contributed by atoms with Gasteiger partial charge in [-0.15, -0.1) is 0 Å². The van der Waals surface area contributed by atoms with Crippen molar-refractivity contribution < 1.29 is 84.8 Å². The summed E-state index contributed by atoms with van der Waals surface area (Å²) in [5, 5.41) is 0. The first-order valence-corrected chi connectivity index (χ1v) is 10.3. The van der Waals surface area contributed by atoms with Gasteiger partial charge in [-0.25, -0.2) is 4.79 Å². The Morgan fingerprint density at radius 1 is 1.07 bits per heavy atom. The van der Waals surface area contributed by atoms with Gasteiger partial charge in [0.2, 0.25) is 0 Å². The fourth-order valence-corrected chi connectivity index (χ4v) is 2.80. The van der Waals surface area contributed by atoms with Crippen molar-refractivity contribution >= 4 is 34.2 Å². The van der Waals surface area contributed by atoms with E-state index >= 15 is 0 Å². The first-order valence-electron chi connectivity index (χ1n) is 8.81. The molecular weight excluding hydrogens is 435 g/mol. The first-order chi connectivity index (χ1) is 13.6. The zero-order valence-electron chi connectivity index (χ0n) is 18.3. The minimum absolute atomic E-state index is 0. The predicted molar refractivity (Wildman–Crippen MR) is 109 cm³/mol. The van der Waals surface area contributed by atoms with Crippen molar-refractivity contribution in [3.05, 3.63) is 59.2 Å². The van der Waals surface area contributed by atoms with Crippen LogP contribution in [0.2, 0.25) is 0 Å². The van der Waals surface area contributed by atoms with Crippen LogP contribution in [-0.4, -0.2) is 31.5 Å². The molecule has 0 atom stereocenters. The molecule has 2 aromatic carbocycles. The summed E-state index contributed by atoms with van der Waals surface area (Å²) in [5.74, 6) is -0.876. The average Bonchev–Trinajstić information content (AvgIpc) is 2.64. The number of rotatable bonds is 7. The van der Waals surface area contributed by atoms with Crippen LogP contribution in [0.15, 0.2) is 47.4 Å². The fourth-order valence-electron chi connectivity index (χ4n) is 2.32. The molecule has 2 aromatic rings. The molecule has 0 aromatic heterocycles. The van der Waals surface area contributed by atoms with E-state index in [0.29, 0.717) is 11.1 Å². The van der Waals surface area contributed by atoms with Crippen molar-refractivity contribution in [3.8, 4) is 5.75 Å². The average molecular weight is 459 g/mol. The minimum Gasteiger partial charge on any atom is -1.00 e. The monoisotopic (exact) mass is 458 g/mol. The van der Waals surface area contributed by atoms with Crippen molar-refractivity contribution in [2.45, 2.75) is 25.7 Å². The minimum atomic E-state index is -4.25. The van der Waals surface area contributed by atoms with Gasteiger partial charge >= 0.3 is 63.3 Å². The Morgan fingerprint density at radius 2 is 1.63 bits per heavy atom. The van der Waals surface area contributed by atoms with Gasteiger partial charge in [-0.05, 0) is 41.3 Å². The van der Waals surface area contributed by atoms with Crippen molar-refractivity contribution in [1.82, 2.24) is 0 Å². The molecule has 9 heteroatoms. The van der Waals surface area contributed by atoms with Gasteiger partial charge in [0, 0.05) is 6.92 Å². The van der Waals surface area contributed by atoms with Crippen LogP contribution in [0.4, 0.5) is 0 Å². The van der Waals surface area contributed by atoms with Gasteiger partial charge in [-0.3, -0.25) is 9.35 Å². The molecule has 0 radical (unpaired) electrons. The molecule has 0 saturated heterocycles. The second-order valence-corrected chi connectivity index (χ2v) is 8.14. The van der Waals surface area contributed by atoms with E-state index < -0.39 is 22.1 Å². The van der Waals surface area contributed by atoms with E-state index in [0.717, 1.165) is 0 Å². The van der Waals surface area contributed by atoms with Gasteiger partial charge in [0.05, 0.1) is 11.5 Å². The van der Waals surface area contributed by atoms with Crippen LogP contribution in [-0.2, 0) is 19.6 Å². The molecule has 2 rings (SSSR count). The summed E-state index contributed by atoms with van der Waals surface area (Å²) >= 11 is 0. The van der Waals surface area contributed by atoms with Crippen LogP contribution in [0.3, 0.4) is 0 Å². The molecule has 0 saturated carbocycles. The van der Waals surface area contributed by atoms with Crippen LogP contribution < -0.4 is 56.1 Å². The summed E-state index contributed by atoms with van der Waals surface area (Å²) in [7, 11) is -4.25. The molecule has 1 N–H and O–H groups in total. The van der Waals surface area contributed by atoms with Crippen molar-refractivity contribution in [2.24, 2.45) is 5.92 Å². The summed E-state index contributed by atoms with van der Waals surface area (Å²) in [5.41, 5.74) is 1.46. The maximum absolute atomic E-state index is 12.4. The molecule has 156 valence electrons. The van der Waals surface area contributed by atoms with Gasteiger partial charge in [-0.2, -0.15) is 8.42 Å². The van der Waals surface area contributed by atoms with Crippen molar-refractivity contribution in [1.29, 1.82) is 0 Å². The molecule has 0 aliphatic heterocycles. The molecule has 0 unspecified atom stereocenters. The zero-order valence-corrected chi connectivity index (χ0v) is 21.2. The Labute approximate surface area is 220 Å². The summed E-state index contributed by atoms with van der Waals surface area (Å²) < 4.78 is 41.5. The Hall–Kier alpha value is -1.33. The first kappa shape index (κ1) is 26.7. The quantitative estimate of drug-likeness (QED) is 0.216. The van der Waals surface area contributed by atoms with Gasteiger partial charge in [0.1, 0.15) is 11.3 Å². The number of hydrogen-bond acceptors (Lipinski definition) is 6. The van der Waals surface area contributed by atoms with Gasteiger partial charge in [0.15, 0.2) is 0 Å². The van der Waals surface area contributed by atoms with E-state index in [1.807, 2.05) is 13.8 Å². The van der Waals surface area contributed by atoms with E-state index in [-0.39, 0.29) is 81.5 Å². The molecule has 0 aliphatic rings. The van der Waals surface area contributed by atoms with Crippen molar-refractivity contribution in [3.63, 3.8) is 0 Å². The van der Waals surface area contributed by atoms with Crippen LogP contribution in [0, 0.1) is 5.92 Å². The zero-order chi connectivity index (χ0) is 21.6. The van der Waals surface area contributed by atoms with E-state index in [4.69, 9.17) is 14.0 Å². The summed E-state index contributed by atoms with van der Waals surface area (Å²) in [4.78, 5) is 23.5. The Morgan fingerprint density at radius 3 is 2.17 bits per heavy atom. The van der Waals surface area contributed by atoms with Gasteiger partial charge in [0.25, 0.3) is 10.1 Å². The molecule has 30 heavy (non-hydrogen) atoms. The molecule has 0 spiro atoms. The summed E-state index contributed by atoms with van der Waals surface area (Å²) in [6.07, 6.45) is 3.41. The maximum Gasteiger partial charge on any atom is 1.00 e. The van der Waals surface area contributed by atoms with Crippen LogP contribution in [0.1, 0.15) is 43.7 Å². The number of ether oxygens (including phenoxy) is 2. The van der Waals surface area contributed by atoms with E-state index in [9.17, 15) is 18.0 Å². The summed E-state index contributed by atoms with van der Waals surface area (Å²) in [6, 6.07) is 10.4. The standard InChI is InChI=1S/C21H22O7S.K.H/c1-14(2)13-27-21(23)19-12-17(8-11-20(19)28-15(3)22)5-4-16-6-9-18(10-7-16)29(24,25)26;;/h4-12,14H,13H2,1-3H3,(H,24,25,26);;/q;+1;-1/b5-4+;;.